The fourth-order valence-electron chi connectivity index (χ4n) is 1.73. The number of carbonyl (C=O) groups is 2. The second-order valence-electron chi connectivity index (χ2n) is 4.60. The van der Waals surface area contributed by atoms with Crippen LogP contribution in [0.3, 0.4) is 0 Å². The summed E-state index contributed by atoms with van der Waals surface area (Å²) in [4.78, 5) is 24.1. The van der Waals surface area contributed by atoms with Crippen LogP contribution in [0.25, 0.3) is 0 Å². The molecule has 0 saturated carbocycles. The van der Waals surface area contributed by atoms with Gasteiger partial charge in [0, 0.05) is 25.6 Å². The maximum Gasteiger partial charge on any atom is 0.303 e. The number of carbonyl (C=O) groups excluding carboxylic acids is 1. The van der Waals surface area contributed by atoms with Crippen molar-refractivity contribution in [1.82, 2.24) is 4.90 Å². The van der Waals surface area contributed by atoms with Gasteiger partial charge in [0.1, 0.15) is 5.75 Å². The Morgan fingerprint density at radius 2 is 2.10 bits per heavy atom. The van der Waals surface area contributed by atoms with Gasteiger partial charge in [0.05, 0.1) is 6.61 Å². The minimum Gasteiger partial charge on any atom is -0.494 e. The molecule has 0 fully saturated rings. The number of hydrogen-bond acceptors (Lipinski definition) is 3. The van der Waals surface area contributed by atoms with Crippen molar-refractivity contribution >= 4 is 11.9 Å². The van der Waals surface area contributed by atoms with E-state index >= 15 is 0 Å². The van der Waals surface area contributed by atoms with Crippen molar-refractivity contribution in [2.45, 2.75) is 26.2 Å². The largest absolute Gasteiger partial charge is 0.494 e. The highest BCUT2D eigenvalue weighted by atomic mass is 16.5. The van der Waals surface area contributed by atoms with Crippen LogP contribution in [-0.2, 0) is 4.79 Å². The molecule has 0 aliphatic heterocycles. The molecule has 1 amide bonds. The number of aliphatic carboxylic acids is 1. The van der Waals surface area contributed by atoms with E-state index in [4.69, 9.17) is 9.84 Å². The SMILES string of the molecule is CCCOc1cccc(C(=O)N(C)CCCC(=O)O)c1. The third-order valence-corrected chi connectivity index (χ3v) is 2.78. The first-order valence-corrected chi connectivity index (χ1v) is 6.74. The fourth-order valence-corrected chi connectivity index (χ4v) is 1.73. The van der Waals surface area contributed by atoms with Crippen LogP contribution >= 0.6 is 0 Å². The van der Waals surface area contributed by atoms with E-state index in [1.165, 1.54) is 4.90 Å². The van der Waals surface area contributed by atoms with Crippen LogP contribution in [0.1, 0.15) is 36.5 Å². The highest BCUT2D eigenvalue weighted by Crippen LogP contribution is 2.15. The molecule has 110 valence electrons. The zero-order chi connectivity index (χ0) is 15.0. The van der Waals surface area contributed by atoms with Gasteiger partial charge < -0.3 is 14.7 Å². The van der Waals surface area contributed by atoms with Crippen LogP contribution in [0.2, 0.25) is 0 Å². The summed E-state index contributed by atoms with van der Waals surface area (Å²) >= 11 is 0. The Labute approximate surface area is 119 Å². The van der Waals surface area contributed by atoms with Crippen molar-refractivity contribution in [2.75, 3.05) is 20.2 Å². The van der Waals surface area contributed by atoms with E-state index in [1.807, 2.05) is 13.0 Å². The number of nitrogens with zero attached hydrogens (tertiary/aromatic N) is 1. The van der Waals surface area contributed by atoms with Crippen molar-refractivity contribution in [3.63, 3.8) is 0 Å². The van der Waals surface area contributed by atoms with Gasteiger partial charge in [0.25, 0.3) is 5.91 Å². The monoisotopic (exact) mass is 279 g/mol. The summed E-state index contributed by atoms with van der Waals surface area (Å²) in [6.07, 6.45) is 1.42. The quantitative estimate of drug-likeness (QED) is 0.793. The van der Waals surface area contributed by atoms with Crippen molar-refractivity contribution in [3.05, 3.63) is 29.8 Å². The molecule has 0 aliphatic carbocycles. The minimum atomic E-state index is -0.846. The zero-order valence-corrected chi connectivity index (χ0v) is 12.0. The van der Waals surface area contributed by atoms with Gasteiger partial charge in [-0.3, -0.25) is 9.59 Å². The smallest absolute Gasteiger partial charge is 0.303 e. The number of amides is 1. The van der Waals surface area contributed by atoms with E-state index in [1.54, 1.807) is 25.2 Å². The van der Waals surface area contributed by atoms with Crippen molar-refractivity contribution in [3.8, 4) is 5.75 Å². The first kappa shape index (κ1) is 16.0. The van der Waals surface area contributed by atoms with Gasteiger partial charge in [0.15, 0.2) is 0 Å². The third-order valence-electron chi connectivity index (χ3n) is 2.78. The molecule has 0 unspecified atom stereocenters. The normalized spacial score (nSPS) is 10.1. The van der Waals surface area contributed by atoms with Crippen LogP contribution < -0.4 is 4.74 Å². The van der Waals surface area contributed by atoms with Gasteiger partial charge >= 0.3 is 5.97 Å². The number of hydrogen-bond donors (Lipinski definition) is 1. The first-order valence-electron chi connectivity index (χ1n) is 6.74. The molecule has 0 spiro atoms. The van der Waals surface area contributed by atoms with E-state index in [0.717, 1.165) is 6.42 Å². The lowest BCUT2D eigenvalue weighted by Crippen LogP contribution is -2.28. The number of carboxylic acids is 1. The lowest BCUT2D eigenvalue weighted by atomic mass is 10.2. The number of ether oxygens (including phenoxy) is 1. The van der Waals surface area contributed by atoms with Gasteiger partial charge in [0.2, 0.25) is 0 Å². The van der Waals surface area contributed by atoms with Gasteiger partial charge in [-0.05, 0) is 31.0 Å². The van der Waals surface area contributed by atoms with E-state index in [2.05, 4.69) is 0 Å². The van der Waals surface area contributed by atoms with Crippen LogP contribution in [0, 0.1) is 0 Å². The number of carboxylic acid groups (broad SMARTS) is 1. The van der Waals surface area contributed by atoms with E-state index in [-0.39, 0.29) is 12.3 Å². The Balaban J connectivity index is 2.59. The minimum absolute atomic E-state index is 0.0667. The molecular weight excluding hydrogens is 258 g/mol. The second kappa shape index (κ2) is 8.19. The summed E-state index contributed by atoms with van der Waals surface area (Å²) in [5.74, 6) is -0.296. The van der Waals surface area contributed by atoms with Crippen LogP contribution in [-0.4, -0.2) is 42.1 Å². The van der Waals surface area contributed by atoms with Gasteiger partial charge in [-0.25, -0.2) is 0 Å². The molecule has 0 atom stereocenters. The molecule has 20 heavy (non-hydrogen) atoms. The maximum atomic E-state index is 12.2. The molecule has 5 nitrogen and oxygen atoms in total. The molecule has 1 aromatic carbocycles. The molecule has 5 heteroatoms. The Bertz CT molecular complexity index is 459. The predicted octanol–water partition coefficient (Wildman–Crippen LogP) is 2.41. The van der Waals surface area contributed by atoms with Crippen molar-refractivity contribution in [1.29, 1.82) is 0 Å². The second-order valence-corrected chi connectivity index (χ2v) is 4.60. The number of benzene rings is 1. The molecule has 0 saturated heterocycles. The highest BCUT2D eigenvalue weighted by Gasteiger charge is 2.12. The first-order chi connectivity index (χ1) is 9.54. The van der Waals surface area contributed by atoms with E-state index in [0.29, 0.717) is 30.9 Å². The standard InChI is InChI=1S/C15H21NO4/c1-3-10-20-13-7-4-6-12(11-13)15(19)16(2)9-5-8-14(17)18/h4,6-7,11H,3,5,8-10H2,1-2H3,(H,17,18). The summed E-state index contributed by atoms with van der Waals surface area (Å²) in [5, 5.41) is 8.58. The Morgan fingerprint density at radius 1 is 1.35 bits per heavy atom. The lowest BCUT2D eigenvalue weighted by Gasteiger charge is -2.17. The van der Waals surface area contributed by atoms with E-state index < -0.39 is 5.97 Å². The fraction of sp³-hybridized carbons (Fsp3) is 0.467. The van der Waals surface area contributed by atoms with Crippen LogP contribution in [0.4, 0.5) is 0 Å². The van der Waals surface area contributed by atoms with Gasteiger partial charge in [-0.1, -0.05) is 13.0 Å². The molecular formula is C15H21NO4. The predicted molar refractivity (Wildman–Crippen MR) is 76.1 cm³/mol. The molecule has 0 heterocycles. The summed E-state index contributed by atoms with van der Waals surface area (Å²) in [5.41, 5.74) is 0.552. The average molecular weight is 279 g/mol. The highest BCUT2D eigenvalue weighted by molar-refractivity contribution is 5.94. The van der Waals surface area contributed by atoms with Crippen molar-refractivity contribution in [2.24, 2.45) is 0 Å². The zero-order valence-electron chi connectivity index (χ0n) is 12.0. The summed E-state index contributed by atoms with van der Waals surface area (Å²) in [6.45, 7) is 3.06. The average Bonchev–Trinajstić information content (AvgIpc) is 2.44. The Hall–Kier alpha value is -2.04. The van der Waals surface area contributed by atoms with Crippen LogP contribution in [0.5, 0.6) is 5.75 Å². The van der Waals surface area contributed by atoms with Gasteiger partial charge in [-0.2, -0.15) is 0 Å². The molecule has 1 rings (SSSR count). The third kappa shape index (κ3) is 5.30. The molecule has 1 aromatic rings. The molecule has 0 aromatic heterocycles. The molecule has 0 aliphatic rings. The molecule has 0 radical (unpaired) electrons. The summed E-state index contributed by atoms with van der Waals surface area (Å²) in [7, 11) is 1.67. The Morgan fingerprint density at radius 3 is 2.75 bits per heavy atom. The lowest BCUT2D eigenvalue weighted by molar-refractivity contribution is -0.137. The molecule has 1 N–H and O–H groups in total. The Kier molecular flexibility index (Phi) is 6.56. The summed E-state index contributed by atoms with van der Waals surface area (Å²) < 4.78 is 5.49. The van der Waals surface area contributed by atoms with Crippen molar-refractivity contribution < 1.29 is 19.4 Å². The van der Waals surface area contributed by atoms with E-state index in [9.17, 15) is 9.59 Å². The maximum absolute atomic E-state index is 12.2. The molecule has 0 bridgehead atoms. The topological polar surface area (TPSA) is 66.8 Å². The summed E-state index contributed by atoms with van der Waals surface area (Å²) in [6, 6.07) is 7.04. The van der Waals surface area contributed by atoms with Gasteiger partial charge in [-0.15, -0.1) is 0 Å². The van der Waals surface area contributed by atoms with Crippen LogP contribution in [0.15, 0.2) is 24.3 Å². The number of rotatable bonds is 8.